The second-order valence-electron chi connectivity index (χ2n) is 5.75. The highest BCUT2D eigenvalue weighted by molar-refractivity contribution is 7.62. The third kappa shape index (κ3) is 4.14. The molecule has 0 unspecified atom stereocenters. The molecule has 0 N–H and O–H groups in total. The van der Waals surface area contributed by atoms with Crippen LogP contribution in [-0.4, -0.2) is 25.8 Å². The van der Waals surface area contributed by atoms with E-state index in [1.54, 1.807) is 0 Å². The lowest BCUT2D eigenvalue weighted by atomic mass is 10.2. The van der Waals surface area contributed by atoms with E-state index in [-0.39, 0.29) is 12.6 Å². The average molecular weight is 376 g/mol. The van der Waals surface area contributed by atoms with Crippen LogP contribution in [0.15, 0.2) is 24.3 Å². The molecule has 0 aromatic heterocycles. The first-order chi connectivity index (χ1) is 11.5. The summed E-state index contributed by atoms with van der Waals surface area (Å²) in [6, 6.07) is 8.32. The minimum Gasteiger partial charge on any atom is -0.178 e. The molecule has 6 nitrogen and oxygen atoms in total. The molecule has 1 aromatic rings. The van der Waals surface area contributed by atoms with Crippen molar-refractivity contribution in [2.45, 2.75) is 52.6 Å². The first kappa shape index (κ1) is 18.6. The van der Waals surface area contributed by atoms with Gasteiger partial charge in [-0.1, -0.05) is 24.3 Å². The van der Waals surface area contributed by atoms with Crippen LogP contribution in [0.5, 0.6) is 0 Å². The van der Waals surface area contributed by atoms with E-state index >= 15 is 0 Å². The summed E-state index contributed by atoms with van der Waals surface area (Å²) in [5, 5.41) is 0. The van der Waals surface area contributed by atoms with Crippen molar-refractivity contribution in [3.8, 4) is 0 Å². The Hall–Kier alpha value is -0.160. The predicted octanol–water partition coefficient (Wildman–Crippen LogP) is 5.07. The van der Waals surface area contributed by atoms with Gasteiger partial charge in [0.2, 0.25) is 0 Å². The third-order valence-corrected chi connectivity index (χ3v) is 8.94. The van der Waals surface area contributed by atoms with Crippen molar-refractivity contribution in [3.63, 3.8) is 0 Å². The zero-order valence-corrected chi connectivity index (χ0v) is 16.4. The van der Waals surface area contributed by atoms with E-state index in [4.69, 9.17) is 27.1 Å². The molecule has 0 atom stereocenters. The fourth-order valence-corrected chi connectivity index (χ4v) is 7.54. The molecule has 3 rings (SSSR count). The number of benzene rings is 1. The van der Waals surface area contributed by atoms with Gasteiger partial charge in [-0.25, -0.2) is 0 Å². The van der Waals surface area contributed by atoms with Crippen molar-refractivity contribution in [1.82, 2.24) is 0 Å². The highest BCUT2D eigenvalue weighted by Gasteiger charge is 2.59. The molecule has 2 heterocycles. The summed E-state index contributed by atoms with van der Waals surface area (Å²) < 4.78 is 34.5. The molecule has 1 aromatic carbocycles. The molecule has 0 radical (unpaired) electrons. The molecule has 0 aliphatic carbocycles. The average Bonchev–Trinajstić information content (AvgIpc) is 2.47. The van der Waals surface area contributed by atoms with Crippen LogP contribution in [0, 0.1) is 0 Å². The van der Waals surface area contributed by atoms with E-state index in [1.165, 1.54) is 0 Å². The summed E-state index contributed by atoms with van der Waals surface area (Å²) in [6.07, 6.45) is 0.993. The van der Waals surface area contributed by atoms with Gasteiger partial charge in [0.05, 0.1) is 13.2 Å². The van der Waals surface area contributed by atoms with Crippen LogP contribution in [0.4, 0.5) is 0 Å². The third-order valence-electron chi connectivity index (χ3n) is 3.66. The summed E-state index contributed by atoms with van der Waals surface area (Å²) in [5.74, 6) is 0. The smallest absolute Gasteiger partial charge is 0.178 e. The minimum atomic E-state index is -2.18. The van der Waals surface area contributed by atoms with E-state index in [0.29, 0.717) is 25.5 Å². The zero-order valence-electron chi connectivity index (χ0n) is 14.6. The van der Waals surface area contributed by atoms with Crippen LogP contribution in [0.1, 0.15) is 38.8 Å². The molecule has 0 amide bonds. The number of hydrogen-bond donors (Lipinski definition) is 0. The van der Waals surface area contributed by atoms with Gasteiger partial charge in [0.1, 0.15) is 0 Å². The van der Waals surface area contributed by atoms with Gasteiger partial charge in [-0.15, -0.1) is 18.1 Å². The van der Waals surface area contributed by atoms with Gasteiger partial charge in [-0.2, -0.15) is 9.05 Å². The quantitative estimate of drug-likeness (QED) is 0.591. The van der Waals surface area contributed by atoms with Crippen LogP contribution in [0.25, 0.3) is 0 Å². The standard InChI is InChI=1S/C16H26O6P2/c1-5-17-23(19-13(3)20-23)11-15-7-9-16(10-8-15)12-24(18-6-2)21-14(4)22-24/h7-10,13-14H,5-6,11-12H2,1-4H3/q+2. The topological polar surface area (TPSA) is 55.4 Å². The summed E-state index contributed by atoms with van der Waals surface area (Å²) in [6.45, 7) is 8.86. The second-order valence-corrected chi connectivity index (χ2v) is 10.2. The van der Waals surface area contributed by atoms with Gasteiger partial charge < -0.3 is 0 Å². The molecule has 24 heavy (non-hydrogen) atoms. The zero-order chi connectivity index (χ0) is 17.2. The Morgan fingerprint density at radius 2 is 1.08 bits per heavy atom. The van der Waals surface area contributed by atoms with Gasteiger partial charge in [0.15, 0.2) is 12.3 Å². The molecule has 2 fully saturated rings. The van der Waals surface area contributed by atoms with Crippen molar-refractivity contribution in [3.05, 3.63) is 35.4 Å². The normalized spacial score (nSPS) is 35.3. The lowest BCUT2D eigenvalue weighted by Crippen LogP contribution is -2.29. The maximum absolute atomic E-state index is 5.76. The summed E-state index contributed by atoms with van der Waals surface area (Å²) in [4.78, 5) is 0. The maximum atomic E-state index is 5.76. The van der Waals surface area contributed by atoms with Gasteiger partial charge in [-0.3, -0.25) is 0 Å². The summed E-state index contributed by atoms with van der Waals surface area (Å²) in [5.41, 5.74) is 2.28. The van der Waals surface area contributed by atoms with Gasteiger partial charge in [0.25, 0.3) is 12.6 Å². The Balaban J connectivity index is 1.61. The molecule has 134 valence electrons. The van der Waals surface area contributed by atoms with Crippen LogP contribution in [0.3, 0.4) is 0 Å². The van der Waals surface area contributed by atoms with Crippen molar-refractivity contribution in [1.29, 1.82) is 0 Å². The Labute approximate surface area is 144 Å². The van der Waals surface area contributed by atoms with Crippen LogP contribution >= 0.6 is 15.9 Å². The molecule has 0 spiro atoms. The first-order valence-corrected chi connectivity index (χ1v) is 11.8. The van der Waals surface area contributed by atoms with Crippen LogP contribution in [-0.2, 0) is 39.5 Å². The summed E-state index contributed by atoms with van der Waals surface area (Å²) in [7, 11) is -4.37. The van der Waals surface area contributed by atoms with E-state index in [0.717, 1.165) is 11.1 Å². The largest absolute Gasteiger partial charge is 0.421 e. The highest BCUT2D eigenvalue weighted by Crippen LogP contribution is 2.74. The molecule has 2 aliphatic heterocycles. The van der Waals surface area contributed by atoms with Crippen molar-refractivity contribution >= 4 is 15.9 Å². The maximum Gasteiger partial charge on any atom is 0.421 e. The van der Waals surface area contributed by atoms with E-state index < -0.39 is 15.9 Å². The van der Waals surface area contributed by atoms with E-state index in [9.17, 15) is 0 Å². The first-order valence-electron chi connectivity index (χ1n) is 8.35. The highest BCUT2D eigenvalue weighted by atomic mass is 31.2. The SMILES string of the molecule is CCO[P+]1(Cc2ccc(C[P+]3(OCC)OC(C)O3)cc2)OC(C)O1. The predicted molar refractivity (Wildman–Crippen MR) is 94.2 cm³/mol. The lowest BCUT2D eigenvalue weighted by Gasteiger charge is -2.33. The summed E-state index contributed by atoms with van der Waals surface area (Å²) >= 11 is 0. The molecule has 2 aliphatic rings. The Kier molecular flexibility index (Phi) is 5.90. The molecule has 8 heteroatoms. The lowest BCUT2D eigenvalue weighted by molar-refractivity contribution is -0.105. The Morgan fingerprint density at radius 1 is 0.750 bits per heavy atom. The van der Waals surface area contributed by atoms with Crippen molar-refractivity contribution < 1.29 is 27.1 Å². The second kappa shape index (κ2) is 7.61. The Morgan fingerprint density at radius 3 is 1.33 bits per heavy atom. The Bertz CT molecular complexity index is 480. The monoisotopic (exact) mass is 376 g/mol. The fraction of sp³-hybridized carbons (Fsp3) is 0.625. The molecular formula is C16H26O6P2+2. The minimum absolute atomic E-state index is 0.171. The number of rotatable bonds is 8. The van der Waals surface area contributed by atoms with Gasteiger partial charge in [0, 0.05) is 0 Å². The van der Waals surface area contributed by atoms with Crippen LogP contribution in [0.2, 0.25) is 0 Å². The molecular weight excluding hydrogens is 350 g/mol. The van der Waals surface area contributed by atoms with E-state index in [2.05, 4.69) is 24.3 Å². The van der Waals surface area contributed by atoms with E-state index in [1.807, 2.05) is 27.7 Å². The van der Waals surface area contributed by atoms with Gasteiger partial charge >= 0.3 is 15.9 Å². The van der Waals surface area contributed by atoms with Crippen LogP contribution < -0.4 is 0 Å². The molecule has 0 saturated carbocycles. The molecule has 2 saturated heterocycles. The van der Waals surface area contributed by atoms with Gasteiger partial charge in [-0.05, 0) is 38.8 Å². The van der Waals surface area contributed by atoms with Crippen molar-refractivity contribution in [2.75, 3.05) is 13.2 Å². The number of hydrogen-bond acceptors (Lipinski definition) is 6. The van der Waals surface area contributed by atoms with Crippen molar-refractivity contribution in [2.24, 2.45) is 0 Å². The molecule has 0 bridgehead atoms. The fourth-order valence-electron chi connectivity index (χ4n) is 2.87.